The average molecular weight is 305 g/mol. The van der Waals surface area contributed by atoms with Crippen molar-refractivity contribution in [3.63, 3.8) is 0 Å². The Kier molecular flexibility index (Phi) is 3.11. The van der Waals surface area contributed by atoms with Gasteiger partial charge in [-0.15, -0.1) is 0 Å². The van der Waals surface area contributed by atoms with E-state index < -0.39 is 11.4 Å². The first-order chi connectivity index (χ1) is 10.4. The van der Waals surface area contributed by atoms with Gasteiger partial charge in [0.1, 0.15) is 0 Å². The van der Waals surface area contributed by atoms with E-state index in [0.717, 1.165) is 50.0 Å². The summed E-state index contributed by atoms with van der Waals surface area (Å²) < 4.78 is 0. The highest BCUT2D eigenvalue weighted by molar-refractivity contribution is 5.84. The third-order valence-electron chi connectivity index (χ3n) is 6.99. The highest BCUT2D eigenvalue weighted by atomic mass is 16.4. The number of piperidine rings is 1. The van der Waals surface area contributed by atoms with Gasteiger partial charge >= 0.3 is 5.97 Å². The highest BCUT2D eigenvalue weighted by Crippen LogP contribution is 2.60. The van der Waals surface area contributed by atoms with Crippen LogP contribution in [-0.2, 0) is 9.59 Å². The normalized spacial score (nSPS) is 46.8. The molecule has 5 aliphatic rings. The van der Waals surface area contributed by atoms with Crippen LogP contribution in [0.3, 0.4) is 0 Å². The fourth-order valence-corrected chi connectivity index (χ4v) is 6.30. The number of likely N-dealkylation sites (tertiary alicyclic amines) is 1. The summed E-state index contributed by atoms with van der Waals surface area (Å²) in [6.45, 7) is 2.96. The maximum absolute atomic E-state index is 13.3. The second kappa shape index (κ2) is 4.72. The number of hydrogen-bond acceptors (Lipinski definition) is 2. The number of carboxylic acid groups (broad SMARTS) is 1. The number of hydrogen-bond donors (Lipinski definition) is 1. The second-order valence-corrected chi connectivity index (χ2v) is 8.89. The lowest BCUT2D eigenvalue weighted by Gasteiger charge is -2.57. The van der Waals surface area contributed by atoms with Gasteiger partial charge in [-0.25, -0.2) is 0 Å². The Balaban J connectivity index is 1.55. The first-order valence-electron chi connectivity index (χ1n) is 8.93. The number of rotatable bonds is 2. The Morgan fingerprint density at radius 3 is 2.09 bits per heavy atom. The molecule has 1 N–H and O–H groups in total. The number of carbonyl (C=O) groups is 2. The minimum Gasteiger partial charge on any atom is -0.481 e. The van der Waals surface area contributed by atoms with E-state index in [1.54, 1.807) is 6.92 Å². The van der Waals surface area contributed by atoms with Crippen LogP contribution < -0.4 is 0 Å². The molecule has 1 heterocycles. The molecule has 5 rings (SSSR count). The molecule has 1 unspecified atom stereocenters. The van der Waals surface area contributed by atoms with Gasteiger partial charge in [0.15, 0.2) is 0 Å². The summed E-state index contributed by atoms with van der Waals surface area (Å²) >= 11 is 0. The van der Waals surface area contributed by atoms with Crippen molar-refractivity contribution in [3.8, 4) is 0 Å². The van der Waals surface area contributed by atoms with E-state index in [1.807, 2.05) is 4.90 Å². The van der Waals surface area contributed by atoms with Crippen molar-refractivity contribution in [2.24, 2.45) is 28.6 Å². The highest BCUT2D eigenvalue weighted by Gasteiger charge is 2.56. The van der Waals surface area contributed by atoms with Crippen molar-refractivity contribution >= 4 is 11.9 Å². The van der Waals surface area contributed by atoms with Crippen molar-refractivity contribution in [3.05, 3.63) is 0 Å². The predicted octanol–water partition coefficient (Wildman–Crippen LogP) is 2.92. The van der Waals surface area contributed by atoms with Crippen LogP contribution in [0.15, 0.2) is 0 Å². The van der Waals surface area contributed by atoms with Crippen LogP contribution in [0.2, 0.25) is 0 Å². The zero-order valence-corrected chi connectivity index (χ0v) is 13.5. The third-order valence-corrected chi connectivity index (χ3v) is 6.99. The number of aliphatic carboxylic acids is 1. The molecule has 4 aliphatic carbocycles. The monoisotopic (exact) mass is 305 g/mol. The maximum atomic E-state index is 13.3. The van der Waals surface area contributed by atoms with Crippen LogP contribution in [0.4, 0.5) is 0 Å². The fourth-order valence-electron chi connectivity index (χ4n) is 6.30. The van der Waals surface area contributed by atoms with E-state index >= 15 is 0 Å². The van der Waals surface area contributed by atoms with Crippen molar-refractivity contribution in [1.82, 2.24) is 4.90 Å². The Morgan fingerprint density at radius 2 is 1.59 bits per heavy atom. The van der Waals surface area contributed by atoms with Crippen LogP contribution in [0.25, 0.3) is 0 Å². The summed E-state index contributed by atoms with van der Waals surface area (Å²) in [7, 11) is 0. The van der Waals surface area contributed by atoms with Gasteiger partial charge in [-0.2, -0.15) is 0 Å². The van der Waals surface area contributed by atoms with Crippen LogP contribution in [0, 0.1) is 28.6 Å². The molecule has 22 heavy (non-hydrogen) atoms. The van der Waals surface area contributed by atoms with Crippen molar-refractivity contribution in [2.45, 2.75) is 58.3 Å². The Labute approximate surface area is 132 Å². The molecule has 0 aromatic carbocycles. The summed E-state index contributed by atoms with van der Waals surface area (Å²) in [5, 5.41) is 9.49. The van der Waals surface area contributed by atoms with Gasteiger partial charge in [-0.05, 0) is 76.0 Å². The lowest BCUT2D eigenvalue weighted by molar-refractivity contribution is -0.165. The SMILES string of the molecule is CC1(C(=O)O)CCCN(C(=O)C23CC4CC(CC(C4)C2)C3)C1. The summed E-state index contributed by atoms with van der Waals surface area (Å²) in [6.07, 6.45) is 8.71. The van der Waals surface area contributed by atoms with Crippen LogP contribution >= 0.6 is 0 Å². The lowest BCUT2D eigenvalue weighted by Crippen LogP contribution is -2.58. The van der Waals surface area contributed by atoms with E-state index in [9.17, 15) is 14.7 Å². The number of amides is 1. The zero-order chi connectivity index (χ0) is 15.5. The fraction of sp³-hybridized carbons (Fsp3) is 0.889. The minimum absolute atomic E-state index is 0.133. The van der Waals surface area contributed by atoms with E-state index in [1.165, 1.54) is 19.3 Å². The van der Waals surface area contributed by atoms with Gasteiger partial charge in [0.2, 0.25) is 5.91 Å². The van der Waals surface area contributed by atoms with Crippen LogP contribution in [-0.4, -0.2) is 35.0 Å². The molecule has 4 saturated carbocycles. The molecule has 1 amide bonds. The van der Waals surface area contributed by atoms with Gasteiger partial charge in [0.25, 0.3) is 0 Å². The van der Waals surface area contributed by atoms with Gasteiger partial charge in [0, 0.05) is 13.1 Å². The molecule has 4 bridgehead atoms. The van der Waals surface area contributed by atoms with Crippen LogP contribution in [0.5, 0.6) is 0 Å². The van der Waals surface area contributed by atoms with Gasteiger partial charge in [-0.1, -0.05) is 0 Å². The molecule has 1 atom stereocenters. The molecule has 0 aromatic rings. The molecule has 0 radical (unpaired) electrons. The van der Waals surface area contributed by atoms with Crippen molar-refractivity contribution < 1.29 is 14.7 Å². The van der Waals surface area contributed by atoms with Gasteiger partial charge in [-0.3, -0.25) is 9.59 Å². The molecule has 0 spiro atoms. The summed E-state index contributed by atoms with van der Waals surface area (Å²) in [5.41, 5.74) is -0.887. The Morgan fingerprint density at radius 1 is 1.05 bits per heavy atom. The molecule has 1 aliphatic heterocycles. The smallest absolute Gasteiger partial charge is 0.311 e. The predicted molar refractivity (Wildman–Crippen MR) is 82.2 cm³/mol. The molecule has 4 nitrogen and oxygen atoms in total. The summed E-state index contributed by atoms with van der Waals surface area (Å²) in [4.78, 5) is 26.8. The van der Waals surface area contributed by atoms with E-state index in [4.69, 9.17) is 0 Å². The van der Waals surface area contributed by atoms with Crippen molar-refractivity contribution in [2.75, 3.05) is 13.1 Å². The standard InChI is InChI=1S/C18H27NO3/c1-17(16(21)22)3-2-4-19(11-17)15(20)18-8-12-5-13(9-18)7-14(6-12)10-18/h12-14H,2-11H2,1H3,(H,21,22). The molecule has 1 saturated heterocycles. The largest absolute Gasteiger partial charge is 0.481 e. The first kappa shape index (κ1) is 14.5. The first-order valence-corrected chi connectivity index (χ1v) is 8.93. The van der Waals surface area contributed by atoms with E-state index in [2.05, 4.69) is 0 Å². The summed E-state index contributed by atoms with van der Waals surface area (Å²) in [6, 6.07) is 0. The molecule has 4 heteroatoms. The van der Waals surface area contributed by atoms with E-state index in [0.29, 0.717) is 18.9 Å². The topological polar surface area (TPSA) is 57.6 Å². The molecular formula is C18H27NO3. The van der Waals surface area contributed by atoms with Gasteiger partial charge in [0.05, 0.1) is 10.8 Å². The molecule has 0 aromatic heterocycles. The van der Waals surface area contributed by atoms with Crippen LogP contribution in [0.1, 0.15) is 58.3 Å². The lowest BCUT2D eigenvalue weighted by atomic mass is 9.49. The quantitative estimate of drug-likeness (QED) is 0.853. The third kappa shape index (κ3) is 2.10. The summed E-state index contributed by atoms with van der Waals surface area (Å²) in [5.74, 6) is 1.80. The van der Waals surface area contributed by atoms with Crippen molar-refractivity contribution in [1.29, 1.82) is 0 Å². The van der Waals surface area contributed by atoms with Gasteiger partial charge < -0.3 is 10.0 Å². The number of carboxylic acids is 1. The van der Waals surface area contributed by atoms with E-state index in [-0.39, 0.29) is 5.41 Å². The minimum atomic E-state index is -0.754. The second-order valence-electron chi connectivity index (χ2n) is 8.89. The average Bonchev–Trinajstić information content (AvgIpc) is 2.45. The number of carbonyl (C=O) groups excluding carboxylic acids is 1. The Hall–Kier alpha value is -1.06. The maximum Gasteiger partial charge on any atom is 0.311 e. The number of nitrogens with zero attached hydrogens (tertiary/aromatic N) is 1. The zero-order valence-electron chi connectivity index (χ0n) is 13.5. The molecular weight excluding hydrogens is 278 g/mol. The molecule has 122 valence electrons. The molecule has 5 fully saturated rings. The Bertz CT molecular complexity index is 479.